The molecule has 20 heavy (non-hydrogen) atoms. The number of benzene rings is 1. The molecule has 1 aromatic heterocycles. The Labute approximate surface area is 119 Å². The Morgan fingerprint density at radius 3 is 2.65 bits per heavy atom. The molecule has 2 aromatic rings. The van der Waals surface area contributed by atoms with Crippen LogP contribution in [0.3, 0.4) is 0 Å². The number of hydrogen-bond donors (Lipinski definition) is 2. The third kappa shape index (κ3) is 3.57. The Morgan fingerprint density at radius 1 is 1.20 bits per heavy atom. The van der Waals surface area contributed by atoms with Gasteiger partial charge in [0.1, 0.15) is 0 Å². The van der Waals surface area contributed by atoms with Crippen LogP contribution in [0.25, 0.3) is 0 Å². The van der Waals surface area contributed by atoms with Crippen LogP contribution in [0.2, 0.25) is 0 Å². The second-order valence-corrected chi connectivity index (χ2v) is 4.67. The number of carbonyl (C=O) groups excluding carboxylic acids is 1. The predicted molar refractivity (Wildman–Crippen MR) is 82.1 cm³/mol. The summed E-state index contributed by atoms with van der Waals surface area (Å²) in [6, 6.07) is 9.54. The minimum atomic E-state index is -0.152. The SMILES string of the molecule is CCCNc1ccncc1C(=O)Nc1ccc(C)cc1. The summed E-state index contributed by atoms with van der Waals surface area (Å²) in [6.45, 7) is 4.93. The van der Waals surface area contributed by atoms with Crippen molar-refractivity contribution in [2.75, 3.05) is 17.2 Å². The first kappa shape index (κ1) is 14.1. The molecule has 1 amide bonds. The van der Waals surface area contributed by atoms with E-state index in [-0.39, 0.29) is 5.91 Å². The monoisotopic (exact) mass is 269 g/mol. The first-order chi connectivity index (χ1) is 9.70. The van der Waals surface area contributed by atoms with E-state index in [1.807, 2.05) is 37.3 Å². The van der Waals surface area contributed by atoms with E-state index in [0.29, 0.717) is 5.56 Å². The molecule has 0 bridgehead atoms. The Hall–Kier alpha value is -2.36. The van der Waals surface area contributed by atoms with E-state index in [1.54, 1.807) is 12.4 Å². The van der Waals surface area contributed by atoms with Gasteiger partial charge in [-0.05, 0) is 31.5 Å². The fourth-order valence-corrected chi connectivity index (χ4v) is 1.82. The molecule has 4 heteroatoms. The highest BCUT2D eigenvalue weighted by molar-refractivity contribution is 6.07. The maximum Gasteiger partial charge on any atom is 0.259 e. The quantitative estimate of drug-likeness (QED) is 0.874. The molecule has 0 radical (unpaired) electrons. The van der Waals surface area contributed by atoms with Gasteiger partial charge in [0.15, 0.2) is 0 Å². The molecule has 0 aliphatic heterocycles. The van der Waals surface area contributed by atoms with E-state index in [1.165, 1.54) is 0 Å². The topological polar surface area (TPSA) is 54.0 Å². The Balaban J connectivity index is 2.14. The molecule has 2 N–H and O–H groups in total. The molecule has 0 aliphatic carbocycles. The fraction of sp³-hybridized carbons (Fsp3) is 0.250. The summed E-state index contributed by atoms with van der Waals surface area (Å²) < 4.78 is 0. The fourth-order valence-electron chi connectivity index (χ4n) is 1.82. The third-order valence-electron chi connectivity index (χ3n) is 2.94. The van der Waals surface area contributed by atoms with Crippen LogP contribution in [0.1, 0.15) is 29.3 Å². The number of carbonyl (C=O) groups is 1. The van der Waals surface area contributed by atoms with Crippen LogP contribution in [-0.2, 0) is 0 Å². The summed E-state index contributed by atoms with van der Waals surface area (Å²) in [6.07, 6.45) is 4.27. The summed E-state index contributed by atoms with van der Waals surface area (Å²) in [7, 11) is 0. The average molecular weight is 269 g/mol. The minimum absolute atomic E-state index is 0.152. The Bertz CT molecular complexity index is 579. The number of anilines is 2. The van der Waals surface area contributed by atoms with Crippen molar-refractivity contribution in [2.45, 2.75) is 20.3 Å². The molecule has 0 fully saturated rings. The van der Waals surface area contributed by atoms with Crippen molar-refractivity contribution < 1.29 is 4.79 Å². The lowest BCUT2D eigenvalue weighted by Gasteiger charge is -2.11. The first-order valence-corrected chi connectivity index (χ1v) is 6.76. The molecule has 0 atom stereocenters. The largest absolute Gasteiger partial charge is 0.384 e. The average Bonchev–Trinajstić information content (AvgIpc) is 2.47. The number of pyridine rings is 1. The first-order valence-electron chi connectivity index (χ1n) is 6.76. The van der Waals surface area contributed by atoms with Gasteiger partial charge in [-0.1, -0.05) is 24.6 Å². The molecule has 0 unspecified atom stereocenters. The van der Waals surface area contributed by atoms with E-state index in [0.717, 1.165) is 29.9 Å². The number of aryl methyl sites for hydroxylation is 1. The molecule has 1 heterocycles. The van der Waals surface area contributed by atoms with E-state index < -0.39 is 0 Å². The number of amides is 1. The maximum atomic E-state index is 12.3. The molecular weight excluding hydrogens is 250 g/mol. The van der Waals surface area contributed by atoms with E-state index >= 15 is 0 Å². The summed E-state index contributed by atoms with van der Waals surface area (Å²) in [5.41, 5.74) is 3.31. The van der Waals surface area contributed by atoms with Gasteiger partial charge in [0, 0.05) is 24.6 Å². The van der Waals surface area contributed by atoms with Gasteiger partial charge in [0.05, 0.1) is 11.3 Å². The lowest BCUT2D eigenvalue weighted by atomic mass is 10.2. The van der Waals surface area contributed by atoms with E-state index in [9.17, 15) is 4.79 Å². The molecule has 0 aliphatic rings. The van der Waals surface area contributed by atoms with Crippen LogP contribution in [0, 0.1) is 6.92 Å². The Morgan fingerprint density at radius 2 is 1.95 bits per heavy atom. The lowest BCUT2D eigenvalue weighted by molar-refractivity contribution is 0.102. The number of aromatic nitrogens is 1. The number of nitrogens with one attached hydrogen (secondary N) is 2. The standard InChI is InChI=1S/C16H19N3O/c1-3-9-18-15-8-10-17-11-14(15)16(20)19-13-6-4-12(2)5-7-13/h4-8,10-11H,3,9H2,1-2H3,(H,17,18)(H,19,20). The van der Waals surface area contributed by atoms with Crippen LogP contribution in [0.5, 0.6) is 0 Å². The highest BCUT2D eigenvalue weighted by atomic mass is 16.1. The van der Waals surface area contributed by atoms with Crippen molar-refractivity contribution in [3.05, 3.63) is 53.9 Å². The second-order valence-electron chi connectivity index (χ2n) is 4.67. The van der Waals surface area contributed by atoms with Crippen LogP contribution >= 0.6 is 0 Å². The smallest absolute Gasteiger partial charge is 0.259 e. The molecule has 0 spiro atoms. The zero-order chi connectivity index (χ0) is 14.4. The molecule has 0 saturated carbocycles. The summed E-state index contributed by atoms with van der Waals surface area (Å²) in [5, 5.41) is 6.12. The van der Waals surface area contributed by atoms with Crippen LogP contribution in [-0.4, -0.2) is 17.4 Å². The highest BCUT2D eigenvalue weighted by Crippen LogP contribution is 2.16. The summed E-state index contributed by atoms with van der Waals surface area (Å²) >= 11 is 0. The highest BCUT2D eigenvalue weighted by Gasteiger charge is 2.11. The van der Waals surface area contributed by atoms with Crippen molar-refractivity contribution in [1.82, 2.24) is 4.98 Å². The number of nitrogens with zero attached hydrogens (tertiary/aromatic N) is 1. The van der Waals surface area contributed by atoms with Crippen LogP contribution in [0.4, 0.5) is 11.4 Å². The lowest BCUT2D eigenvalue weighted by Crippen LogP contribution is -2.15. The summed E-state index contributed by atoms with van der Waals surface area (Å²) in [4.78, 5) is 16.3. The van der Waals surface area contributed by atoms with Crippen molar-refractivity contribution in [3.63, 3.8) is 0 Å². The van der Waals surface area contributed by atoms with Gasteiger partial charge in [-0.15, -0.1) is 0 Å². The van der Waals surface area contributed by atoms with Gasteiger partial charge in [0.2, 0.25) is 0 Å². The van der Waals surface area contributed by atoms with E-state index in [2.05, 4.69) is 22.5 Å². The predicted octanol–water partition coefficient (Wildman–Crippen LogP) is 3.46. The molecule has 104 valence electrons. The van der Waals surface area contributed by atoms with Gasteiger partial charge >= 0.3 is 0 Å². The van der Waals surface area contributed by atoms with Gasteiger partial charge in [-0.25, -0.2) is 0 Å². The molecule has 0 saturated heterocycles. The molecular formula is C16H19N3O. The second kappa shape index (κ2) is 6.70. The zero-order valence-corrected chi connectivity index (χ0v) is 11.8. The van der Waals surface area contributed by atoms with Crippen molar-refractivity contribution in [3.8, 4) is 0 Å². The van der Waals surface area contributed by atoms with Crippen molar-refractivity contribution in [1.29, 1.82) is 0 Å². The van der Waals surface area contributed by atoms with Gasteiger partial charge in [-0.3, -0.25) is 9.78 Å². The molecule has 2 rings (SSSR count). The normalized spacial score (nSPS) is 10.1. The number of hydrogen-bond acceptors (Lipinski definition) is 3. The van der Waals surface area contributed by atoms with Gasteiger partial charge < -0.3 is 10.6 Å². The minimum Gasteiger partial charge on any atom is -0.384 e. The van der Waals surface area contributed by atoms with Crippen LogP contribution in [0.15, 0.2) is 42.7 Å². The van der Waals surface area contributed by atoms with Crippen molar-refractivity contribution >= 4 is 17.3 Å². The number of rotatable bonds is 5. The van der Waals surface area contributed by atoms with Crippen molar-refractivity contribution in [2.24, 2.45) is 0 Å². The summed E-state index contributed by atoms with van der Waals surface area (Å²) in [5.74, 6) is -0.152. The third-order valence-corrected chi connectivity index (χ3v) is 2.94. The Kier molecular flexibility index (Phi) is 4.71. The van der Waals surface area contributed by atoms with Gasteiger partial charge in [0.25, 0.3) is 5.91 Å². The molecule has 1 aromatic carbocycles. The van der Waals surface area contributed by atoms with Crippen LogP contribution < -0.4 is 10.6 Å². The molecule has 4 nitrogen and oxygen atoms in total. The van der Waals surface area contributed by atoms with E-state index in [4.69, 9.17) is 0 Å². The zero-order valence-electron chi connectivity index (χ0n) is 11.8. The van der Waals surface area contributed by atoms with Gasteiger partial charge in [-0.2, -0.15) is 0 Å². The maximum absolute atomic E-state index is 12.3.